The first-order chi connectivity index (χ1) is 11.6. The molecule has 0 bridgehead atoms. The third-order valence-corrected chi connectivity index (χ3v) is 4.66. The van der Waals surface area contributed by atoms with Crippen LogP contribution in [0.15, 0.2) is 24.3 Å². The Kier molecular flexibility index (Phi) is 5.04. The SMILES string of the molecule is CC(CO)NC(=O)c1ccc(N2CCN(C(=O)C3CC3)CC2)cc1. The average Bonchev–Trinajstić information content (AvgIpc) is 3.46. The summed E-state index contributed by atoms with van der Waals surface area (Å²) in [6.07, 6.45) is 2.11. The van der Waals surface area contributed by atoms with Crippen LogP contribution in [-0.2, 0) is 4.79 Å². The van der Waals surface area contributed by atoms with Crippen LogP contribution in [0, 0.1) is 5.92 Å². The lowest BCUT2D eigenvalue weighted by Crippen LogP contribution is -2.49. The molecule has 6 nitrogen and oxygen atoms in total. The highest BCUT2D eigenvalue weighted by Crippen LogP contribution is 2.31. The van der Waals surface area contributed by atoms with E-state index < -0.39 is 0 Å². The van der Waals surface area contributed by atoms with Crippen molar-refractivity contribution in [3.8, 4) is 0 Å². The van der Waals surface area contributed by atoms with Gasteiger partial charge in [0.05, 0.1) is 6.61 Å². The van der Waals surface area contributed by atoms with Crippen molar-refractivity contribution in [1.29, 1.82) is 0 Å². The van der Waals surface area contributed by atoms with E-state index in [-0.39, 0.29) is 24.5 Å². The summed E-state index contributed by atoms with van der Waals surface area (Å²) in [5.41, 5.74) is 1.65. The maximum Gasteiger partial charge on any atom is 0.251 e. The summed E-state index contributed by atoms with van der Waals surface area (Å²) < 4.78 is 0. The van der Waals surface area contributed by atoms with E-state index in [4.69, 9.17) is 5.11 Å². The van der Waals surface area contributed by atoms with Crippen LogP contribution < -0.4 is 10.2 Å². The molecule has 1 aromatic carbocycles. The number of amides is 2. The highest BCUT2D eigenvalue weighted by Gasteiger charge is 2.34. The van der Waals surface area contributed by atoms with E-state index in [0.29, 0.717) is 11.5 Å². The molecule has 1 atom stereocenters. The highest BCUT2D eigenvalue weighted by atomic mass is 16.3. The van der Waals surface area contributed by atoms with E-state index >= 15 is 0 Å². The van der Waals surface area contributed by atoms with Crippen molar-refractivity contribution in [3.05, 3.63) is 29.8 Å². The Labute approximate surface area is 142 Å². The first kappa shape index (κ1) is 16.8. The number of benzene rings is 1. The van der Waals surface area contributed by atoms with Gasteiger partial charge in [0.1, 0.15) is 0 Å². The number of carbonyl (C=O) groups is 2. The summed E-state index contributed by atoms with van der Waals surface area (Å²) in [4.78, 5) is 28.3. The molecule has 1 unspecified atom stereocenters. The van der Waals surface area contributed by atoms with Crippen LogP contribution in [0.2, 0.25) is 0 Å². The normalized spacial score (nSPS) is 19.1. The minimum Gasteiger partial charge on any atom is -0.394 e. The van der Waals surface area contributed by atoms with Crippen LogP contribution in [0.5, 0.6) is 0 Å². The van der Waals surface area contributed by atoms with E-state index in [1.807, 2.05) is 17.0 Å². The van der Waals surface area contributed by atoms with Crippen molar-refractivity contribution in [2.24, 2.45) is 5.92 Å². The lowest BCUT2D eigenvalue weighted by atomic mass is 10.1. The second-order valence-corrected chi connectivity index (χ2v) is 6.69. The highest BCUT2D eigenvalue weighted by molar-refractivity contribution is 5.94. The predicted molar refractivity (Wildman–Crippen MR) is 92.0 cm³/mol. The topological polar surface area (TPSA) is 72.9 Å². The number of hydrogen-bond donors (Lipinski definition) is 2. The van der Waals surface area contributed by atoms with Gasteiger partial charge in [-0.3, -0.25) is 9.59 Å². The number of anilines is 1. The Balaban J connectivity index is 1.54. The number of carbonyl (C=O) groups excluding carboxylic acids is 2. The number of hydrogen-bond acceptors (Lipinski definition) is 4. The molecule has 2 N–H and O–H groups in total. The Morgan fingerprint density at radius 1 is 1.17 bits per heavy atom. The molecule has 130 valence electrons. The standard InChI is InChI=1S/C18H25N3O3/c1-13(12-22)19-17(23)14-4-6-16(7-5-14)20-8-10-21(11-9-20)18(24)15-2-3-15/h4-7,13,15,22H,2-3,8-12H2,1H3,(H,19,23). The molecule has 0 aromatic heterocycles. The molecule has 24 heavy (non-hydrogen) atoms. The van der Waals surface area contributed by atoms with Crippen LogP contribution >= 0.6 is 0 Å². The van der Waals surface area contributed by atoms with Crippen molar-refractivity contribution in [1.82, 2.24) is 10.2 Å². The zero-order chi connectivity index (χ0) is 17.1. The van der Waals surface area contributed by atoms with Crippen LogP contribution in [0.25, 0.3) is 0 Å². The minimum atomic E-state index is -0.255. The largest absolute Gasteiger partial charge is 0.394 e. The summed E-state index contributed by atoms with van der Waals surface area (Å²) in [5, 5.41) is 11.7. The average molecular weight is 331 g/mol. The number of piperazine rings is 1. The summed E-state index contributed by atoms with van der Waals surface area (Å²) in [6, 6.07) is 7.23. The van der Waals surface area contributed by atoms with Gasteiger partial charge in [0.2, 0.25) is 5.91 Å². The van der Waals surface area contributed by atoms with Gasteiger partial charge in [0.15, 0.2) is 0 Å². The molecule has 1 aliphatic carbocycles. The smallest absolute Gasteiger partial charge is 0.251 e. The fourth-order valence-corrected chi connectivity index (χ4v) is 2.95. The van der Waals surface area contributed by atoms with Crippen molar-refractivity contribution in [2.45, 2.75) is 25.8 Å². The van der Waals surface area contributed by atoms with Gasteiger partial charge in [0.25, 0.3) is 5.91 Å². The molecule has 2 aliphatic rings. The van der Waals surface area contributed by atoms with Gasteiger partial charge in [-0.2, -0.15) is 0 Å². The zero-order valence-electron chi connectivity index (χ0n) is 14.1. The molecule has 1 aromatic rings. The number of nitrogens with one attached hydrogen (secondary N) is 1. The molecule has 1 heterocycles. The van der Waals surface area contributed by atoms with E-state index in [0.717, 1.165) is 44.7 Å². The third kappa shape index (κ3) is 3.87. The molecular weight excluding hydrogens is 306 g/mol. The fourth-order valence-electron chi connectivity index (χ4n) is 2.95. The second-order valence-electron chi connectivity index (χ2n) is 6.69. The Bertz CT molecular complexity index is 590. The quantitative estimate of drug-likeness (QED) is 0.839. The van der Waals surface area contributed by atoms with E-state index in [2.05, 4.69) is 10.2 Å². The fraction of sp³-hybridized carbons (Fsp3) is 0.556. The van der Waals surface area contributed by atoms with E-state index in [1.165, 1.54) is 0 Å². The van der Waals surface area contributed by atoms with Crippen molar-refractivity contribution >= 4 is 17.5 Å². The molecular formula is C18H25N3O3. The lowest BCUT2D eigenvalue weighted by molar-refractivity contribution is -0.132. The summed E-state index contributed by atoms with van der Waals surface area (Å²) in [5.74, 6) is 0.429. The predicted octanol–water partition coefficient (Wildman–Crippen LogP) is 0.856. The van der Waals surface area contributed by atoms with E-state index in [1.54, 1.807) is 19.1 Å². The number of aliphatic hydroxyl groups is 1. The molecule has 6 heteroatoms. The van der Waals surface area contributed by atoms with Crippen LogP contribution in [0.4, 0.5) is 5.69 Å². The lowest BCUT2D eigenvalue weighted by Gasteiger charge is -2.36. The first-order valence-corrected chi connectivity index (χ1v) is 8.64. The minimum absolute atomic E-state index is 0.0757. The summed E-state index contributed by atoms with van der Waals surface area (Å²) >= 11 is 0. The van der Waals surface area contributed by atoms with Crippen molar-refractivity contribution in [3.63, 3.8) is 0 Å². The molecule has 1 saturated heterocycles. The first-order valence-electron chi connectivity index (χ1n) is 8.64. The van der Waals surface area contributed by atoms with Crippen molar-refractivity contribution in [2.75, 3.05) is 37.7 Å². The van der Waals surface area contributed by atoms with Gasteiger partial charge < -0.3 is 20.2 Å². The molecule has 0 spiro atoms. The second kappa shape index (κ2) is 7.21. The summed E-state index contributed by atoms with van der Waals surface area (Å²) in [7, 11) is 0. The molecule has 2 fully saturated rings. The van der Waals surface area contributed by atoms with Crippen LogP contribution in [0.1, 0.15) is 30.1 Å². The van der Waals surface area contributed by atoms with Gasteiger partial charge in [-0.05, 0) is 44.0 Å². The monoisotopic (exact) mass is 331 g/mol. The van der Waals surface area contributed by atoms with E-state index in [9.17, 15) is 9.59 Å². The number of rotatable bonds is 5. The van der Waals surface area contributed by atoms with Gasteiger partial charge in [-0.25, -0.2) is 0 Å². The molecule has 1 saturated carbocycles. The molecule has 1 aliphatic heterocycles. The maximum atomic E-state index is 12.1. The van der Waals surface area contributed by atoms with Gasteiger partial charge in [0, 0.05) is 49.4 Å². The summed E-state index contributed by atoms with van der Waals surface area (Å²) in [6.45, 7) is 4.87. The Hall–Kier alpha value is -2.08. The van der Waals surface area contributed by atoms with Gasteiger partial charge in [-0.1, -0.05) is 0 Å². The van der Waals surface area contributed by atoms with Crippen LogP contribution in [-0.4, -0.2) is 60.6 Å². The molecule has 2 amide bonds. The zero-order valence-corrected chi connectivity index (χ0v) is 14.1. The van der Waals surface area contributed by atoms with Gasteiger partial charge in [-0.15, -0.1) is 0 Å². The Morgan fingerprint density at radius 2 is 1.79 bits per heavy atom. The van der Waals surface area contributed by atoms with Gasteiger partial charge >= 0.3 is 0 Å². The van der Waals surface area contributed by atoms with Crippen LogP contribution in [0.3, 0.4) is 0 Å². The van der Waals surface area contributed by atoms with Crippen molar-refractivity contribution < 1.29 is 14.7 Å². The maximum absolute atomic E-state index is 12.1. The Morgan fingerprint density at radius 3 is 2.33 bits per heavy atom. The number of nitrogens with zero attached hydrogens (tertiary/aromatic N) is 2. The third-order valence-electron chi connectivity index (χ3n) is 4.66. The molecule has 0 radical (unpaired) electrons. The molecule has 3 rings (SSSR count). The number of aliphatic hydroxyl groups excluding tert-OH is 1.